The number of rotatable bonds is 25. The zero-order valence-electron chi connectivity index (χ0n) is 39.6. The molecule has 2 bridgehead atoms. The first-order chi connectivity index (χ1) is 31.4. The van der Waals surface area contributed by atoms with E-state index in [2.05, 4.69) is 55.9 Å². The largest absolute Gasteiger partial charge is 0.497 e. The third-order valence-corrected chi connectivity index (χ3v) is 15.4. The van der Waals surface area contributed by atoms with Crippen molar-refractivity contribution in [2.45, 2.75) is 103 Å². The SMILES string of the molecule is COc1ccc(C(OCC2(COP(OCCC#N)N(C(C)C)C(C)C)CCN(C(=O)CCCCCNC(=O)C3CC4C=CC3C4)CC2)(c2ccc(OC)cc2)c2ccc(OC)cc2)cc1. The van der Waals surface area contributed by atoms with Crippen LogP contribution in [0.5, 0.6) is 17.2 Å². The molecule has 13 heteroatoms. The number of nitrogens with zero attached hydrogens (tertiary/aromatic N) is 3. The van der Waals surface area contributed by atoms with E-state index in [0.29, 0.717) is 63.9 Å². The number of amides is 2. The molecule has 2 amide bonds. The molecule has 3 aromatic carbocycles. The lowest BCUT2D eigenvalue weighted by molar-refractivity contribution is -0.136. The van der Waals surface area contributed by atoms with Crippen LogP contribution in [0.25, 0.3) is 0 Å². The Morgan fingerprint density at radius 1 is 0.785 bits per heavy atom. The molecular formula is C52H71N4O8P. The number of nitrogens with one attached hydrogen (secondary N) is 1. The third-order valence-electron chi connectivity index (χ3n) is 13.4. The van der Waals surface area contributed by atoms with Crippen LogP contribution in [0.2, 0.25) is 0 Å². The Balaban J connectivity index is 1.23. The Labute approximate surface area is 388 Å². The minimum Gasteiger partial charge on any atom is -0.497 e. The fourth-order valence-electron chi connectivity index (χ4n) is 9.72. The summed E-state index contributed by atoms with van der Waals surface area (Å²) in [6.07, 6.45) is 11.1. The van der Waals surface area contributed by atoms with E-state index in [-0.39, 0.29) is 42.8 Å². The van der Waals surface area contributed by atoms with Crippen LogP contribution in [0.1, 0.15) is 102 Å². The minimum absolute atomic E-state index is 0.116. The number of likely N-dealkylation sites (tertiary alicyclic amines) is 1. The molecule has 3 aromatic rings. The number of fused-ring (bicyclic) bond motifs is 2. The number of carbonyl (C=O) groups excluding carboxylic acids is 2. The monoisotopic (exact) mass is 911 g/mol. The average Bonchev–Trinajstić information content (AvgIpc) is 3.97. The van der Waals surface area contributed by atoms with Crippen LogP contribution in [0.3, 0.4) is 0 Å². The van der Waals surface area contributed by atoms with Crippen molar-refractivity contribution in [2.24, 2.45) is 23.2 Å². The molecular weight excluding hydrogens is 840 g/mol. The van der Waals surface area contributed by atoms with E-state index < -0.39 is 19.5 Å². The van der Waals surface area contributed by atoms with E-state index in [4.69, 9.17) is 28.0 Å². The summed E-state index contributed by atoms with van der Waals surface area (Å²) in [5.74, 6) is 3.61. The summed E-state index contributed by atoms with van der Waals surface area (Å²) in [6, 6.07) is 26.5. The number of hydrogen-bond donors (Lipinski definition) is 1. The van der Waals surface area contributed by atoms with Crippen LogP contribution >= 0.6 is 8.53 Å². The van der Waals surface area contributed by atoms with Gasteiger partial charge in [0, 0.05) is 49.5 Å². The van der Waals surface area contributed by atoms with Crippen molar-refractivity contribution in [1.82, 2.24) is 14.9 Å². The highest BCUT2D eigenvalue weighted by Crippen LogP contribution is 2.50. The highest BCUT2D eigenvalue weighted by molar-refractivity contribution is 7.44. The zero-order chi connectivity index (χ0) is 46.4. The van der Waals surface area contributed by atoms with Gasteiger partial charge in [0.15, 0.2) is 0 Å². The Morgan fingerprint density at radius 2 is 1.34 bits per heavy atom. The molecule has 0 aromatic heterocycles. The predicted molar refractivity (Wildman–Crippen MR) is 255 cm³/mol. The second kappa shape index (κ2) is 23.8. The molecule has 1 saturated heterocycles. The number of allylic oxidation sites excluding steroid dienone is 2. The van der Waals surface area contributed by atoms with Crippen LogP contribution in [0, 0.1) is 34.5 Å². The van der Waals surface area contributed by atoms with E-state index in [1.807, 2.05) is 77.7 Å². The summed E-state index contributed by atoms with van der Waals surface area (Å²) in [5.41, 5.74) is 1.12. The fourth-order valence-corrected chi connectivity index (χ4v) is 11.4. The maximum absolute atomic E-state index is 13.8. The highest BCUT2D eigenvalue weighted by atomic mass is 31.2. The number of carbonyl (C=O) groups is 2. The van der Waals surface area contributed by atoms with Crippen molar-refractivity contribution < 1.29 is 37.6 Å². The van der Waals surface area contributed by atoms with Crippen LogP contribution in [0.15, 0.2) is 84.9 Å². The van der Waals surface area contributed by atoms with E-state index in [1.54, 1.807) is 21.3 Å². The summed E-state index contributed by atoms with van der Waals surface area (Å²) in [5, 5.41) is 12.6. The lowest BCUT2D eigenvalue weighted by Crippen LogP contribution is -2.48. The first-order valence-electron chi connectivity index (χ1n) is 23.5. The van der Waals surface area contributed by atoms with Gasteiger partial charge in [0.1, 0.15) is 22.8 Å². The van der Waals surface area contributed by atoms with E-state index in [9.17, 15) is 14.9 Å². The molecule has 12 nitrogen and oxygen atoms in total. The van der Waals surface area contributed by atoms with E-state index in [1.165, 1.54) is 0 Å². The smallest absolute Gasteiger partial charge is 0.259 e. The number of hydrogen-bond acceptors (Lipinski definition) is 10. The maximum atomic E-state index is 13.8. The van der Waals surface area contributed by atoms with Gasteiger partial charge >= 0.3 is 0 Å². The molecule has 4 unspecified atom stereocenters. The lowest BCUT2D eigenvalue weighted by atomic mass is 9.77. The van der Waals surface area contributed by atoms with Crippen LogP contribution in [-0.4, -0.2) is 94.3 Å². The first-order valence-corrected chi connectivity index (χ1v) is 24.6. The molecule has 0 spiro atoms. The molecule has 6 rings (SSSR count). The van der Waals surface area contributed by atoms with Crippen molar-refractivity contribution in [3.05, 3.63) is 102 Å². The van der Waals surface area contributed by atoms with Gasteiger partial charge in [-0.3, -0.25) is 9.59 Å². The lowest BCUT2D eigenvalue weighted by Gasteiger charge is -2.46. The molecule has 65 heavy (non-hydrogen) atoms. The van der Waals surface area contributed by atoms with Crippen LogP contribution in [0.4, 0.5) is 0 Å². The van der Waals surface area contributed by atoms with Gasteiger partial charge in [-0.05, 0) is 131 Å². The number of benzene rings is 3. The maximum Gasteiger partial charge on any atom is 0.259 e. The quantitative estimate of drug-likeness (QED) is 0.0379. The topological polar surface area (TPSA) is 132 Å². The second-order valence-corrected chi connectivity index (χ2v) is 19.8. The zero-order valence-corrected chi connectivity index (χ0v) is 40.5. The van der Waals surface area contributed by atoms with Crippen molar-refractivity contribution >= 4 is 20.3 Å². The van der Waals surface area contributed by atoms with Gasteiger partial charge in [-0.15, -0.1) is 0 Å². The molecule has 1 saturated carbocycles. The van der Waals surface area contributed by atoms with Gasteiger partial charge in [-0.1, -0.05) is 55.0 Å². The minimum atomic E-state index is -1.53. The molecule has 1 aliphatic heterocycles. The number of nitriles is 1. The van der Waals surface area contributed by atoms with Crippen LogP contribution in [-0.2, 0) is 29.0 Å². The van der Waals surface area contributed by atoms with E-state index in [0.717, 1.165) is 66.0 Å². The number of piperidine rings is 1. The first kappa shape index (κ1) is 49.9. The summed E-state index contributed by atoms with van der Waals surface area (Å²) in [7, 11) is 3.44. The van der Waals surface area contributed by atoms with Crippen molar-refractivity contribution in [3.63, 3.8) is 0 Å². The van der Waals surface area contributed by atoms with Gasteiger partial charge in [0.2, 0.25) is 11.8 Å². The standard InChI is InChI=1S/C52H71N4O8P/c1-38(2)56(39(3)4)65(63-33-11-29-53)64-37-51(27-31-55(32-28-51)49(57)12-9-8-10-30-54-50(58)48-35-40-13-14-41(48)34-40)36-62-52(42-15-21-45(59-5)22-16-42,43-17-23-46(60-6)24-18-43)44-19-25-47(61-7)26-20-44/h13-26,38-41,48H,8-12,27-28,30-37H2,1-7H3,(H,54,58). The molecule has 2 fully saturated rings. The summed E-state index contributed by atoms with van der Waals surface area (Å²) in [4.78, 5) is 28.6. The van der Waals surface area contributed by atoms with Crippen molar-refractivity contribution in [3.8, 4) is 23.3 Å². The number of methoxy groups -OCH3 is 3. The average molecular weight is 911 g/mol. The second-order valence-electron chi connectivity index (χ2n) is 18.3. The van der Waals surface area contributed by atoms with Crippen molar-refractivity contribution in [2.75, 3.05) is 60.8 Å². The molecule has 1 heterocycles. The Morgan fingerprint density at radius 3 is 1.80 bits per heavy atom. The van der Waals surface area contributed by atoms with Gasteiger partial charge in [0.05, 0.1) is 53.6 Å². The Kier molecular flexibility index (Phi) is 18.3. The normalized spacial score (nSPS) is 19.4. The van der Waals surface area contributed by atoms with Gasteiger partial charge in [0.25, 0.3) is 8.53 Å². The Hall–Kier alpha value is -4.50. The molecule has 4 atom stereocenters. The van der Waals surface area contributed by atoms with Gasteiger partial charge in [-0.25, -0.2) is 4.67 Å². The number of unbranched alkanes of at least 4 members (excludes halogenated alkanes) is 2. The summed E-state index contributed by atoms with van der Waals surface area (Å²) >= 11 is 0. The summed E-state index contributed by atoms with van der Waals surface area (Å²) < 4.78 is 39.9. The Bertz CT molecular complexity index is 1910. The molecule has 3 aliphatic rings. The fraction of sp³-hybridized carbons (Fsp3) is 0.558. The molecule has 352 valence electrons. The van der Waals surface area contributed by atoms with E-state index >= 15 is 0 Å². The third kappa shape index (κ3) is 12.5. The van der Waals surface area contributed by atoms with Crippen LogP contribution < -0.4 is 19.5 Å². The molecule has 0 radical (unpaired) electrons. The predicted octanol–water partition coefficient (Wildman–Crippen LogP) is 9.81. The van der Waals surface area contributed by atoms with Gasteiger partial charge in [-0.2, -0.15) is 5.26 Å². The van der Waals surface area contributed by atoms with Gasteiger partial charge < -0.3 is 38.2 Å². The molecule has 2 aliphatic carbocycles. The van der Waals surface area contributed by atoms with Crippen molar-refractivity contribution in [1.29, 1.82) is 5.26 Å². The molecule has 1 N–H and O–H groups in total. The highest BCUT2D eigenvalue weighted by Gasteiger charge is 2.45. The number of ether oxygens (including phenoxy) is 4. The summed E-state index contributed by atoms with van der Waals surface area (Å²) in [6.45, 7) is 11.2.